The first kappa shape index (κ1) is 35.0. The van der Waals surface area contributed by atoms with Crippen LogP contribution in [0.4, 0.5) is 0 Å². The topological polar surface area (TPSA) is 38.7 Å². The molecule has 0 N–H and O–H groups in total. The van der Waals surface area contributed by atoms with Crippen LogP contribution in [-0.4, -0.2) is 23.0 Å². The fourth-order valence-electron chi connectivity index (χ4n) is 10.5. The maximum Gasteiger partial charge on any atom is 0.164 e. The number of rotatable bonds is 8. The van der Waals surface area contributed by atoms with E-state index in [2.05, 4.69) is 135 Å². The highest BCUT2D eigenvalue weighted by molar-refractivity contribution is 6.88. The maximum absolute atomic E-state index is 5.08. The first-order valence-electron chi connectivity index (χ1n) is 20.6. The Bertz CT molecular complexity index is 2440. The molecule has 6 aromatic carbocycles. The van der Waals surface area contributed by atoms with E-state index < -0.39 is 8.07 Å². The Kier molecular flexibility index (Phi) is 8.71. The van der Waals surface area contributed by atoms with Gasteiger partial charge < -0.3 is 0 Å². The molecule has 1 heterocycles. The van der Waals surface area contributed by atoms with E-state index in [1.807, 2.05) is 36.4 Å². The Morgan fingerprint density at radius 3 is 1.27 bits per heavy atom. The van der Waals surface area contributed by atoms with E-state index in [1.54, 1.807) is 0 Å². The zero-order valence-corrected chi connectivity index (χ0v) is 33.8. The zero-order valence-electron chi connectivity index (χ0n) is 32.8. The molecule has 56 heavy (non-hydrogen) atoms. The lowest BCUT2D eigenvalue weighted by atomic mass is 9.48. The van der Waals surface area contributed by atoms with Gasteiger partial charge in [0.15, 0.2) is 17.5 Å². The molecule has 4 heteroatoms. The molecular formula is C52H49N3Si. The summed E-state index contributed by atoms with van der Waals surface area (Å²) in [5.74, 6) is 4.67. The van der Waals surface area contributed by atoms with Crippen LogP contribution in [0.25, 0.3) is 67.5 Å². The highest BCUT2D eigenvalue weighted by Crippen LogP contribution is 2.61. The van der Waals surface area contributed by atoms with Gasteiger partial charge in [0.25, 0.3) is 0 Å². The molecule has 4 aliphatic carbocycles. The Balaban J connectivity index is 1.09. The number of hydrogen-bond donors (Lipinski definition) is 0. The SMILES string of the molecule is C[Si](C)(C)c1ccc(-c2cccc(-c3cc(-c4cccc(-c5nc(-c6ccccc6)nc(-c6ccccc6)n5)c4)cc(C45CC6CC(CC(C6)C4)C5)c3)c2)cc1. The summed E-state index contributed by atoms with van der Waals surface area (Å²) in [6.07, 6.45) is 8.32. The maximum atomic E-state index is 5.08. The van der Waals surface area contributed by atoms with Crippen molar-refractivity contribution in [1.82, 2.24) is 15.0 Å². The minimum atomic E-state index is -1.37. The molecular weight excluding hydrogens is 695 g/mol. The lowest BCUT2D eigenvalue weighted by Crippen LogP contribution is -2.48. The second kappa shape index (κ2) is 13.9. The minimum absolute atomic E-state index is 0.269. The van der Waals surface area contributed by atoms with E-state index in [-0.39, 0.29) is 5.41 Å². The molecule has 7 aromatic rings. The van der Waals surface area contributed by atoms with Crippen molar-refractivity contribution in [3.05, 3.63) is 157 Å². The highest BCUT2D eigenvalue weighted by atomic mass is 28.3. The van der Waals surface area contributed by atoms with Crippen LogP contribution in [0.15, 0.2) is 152 Å². The fourth-order valence-corrected chi connectivity index (χ4v) is 11.7. The summed E-state index contributed by atoms with van der Waals surface area (Å²) < 4.78 is 0. The third kappa shape index (κ3) is 6.75. The Hall–Kier alpha value is -5.45. The van der Waals surface area contributed by atoms with Gasteiger partial charge in [-0.05, 0) is 119 Å². The molecule has 276 valence electrons. The predicted octanol–water partition coefficient (Wildman–Crippen LogP) is 12.9. The number of benzene rings is 6. The van der Waals surface area contributed by atoms with Crippen molar-refractivity contribution in [3.8, 4) is 67.5 Å². The van der Waals surface area contributed by atoms with Gasteiger partial charge in [-0.15, -0.1) is 0 Å². The summed E-state index contributed by atoms with van der Waals surface area (Å²) in [6.45, 7) is 7.25. The molecule has 4 saturated carbocycles. The molecule has 0 aliphatic heterocycles. The molecule has 0 unspecified atom stereocenters. The van der Waals surface area contributed by atoms with Crippen molar-refractivity contribution in [3.63, 3.8) is 0 Å². The third-order valence-electron chi connectivity index (χ3n) is 13.0. The highest BCUT2D eigenvalue weighted by Gasteiger charge is 2.51. The largest absolute Gasteiger partial charge is 0.208 e. The second-order valence-corrected chi connectivity index (χ2v) is 23.1. The molecule has 0 atom stereocenters. The molecule has 1 aromatic heterocycles. The van der Waals surface area contributed by atoms with Crippen LogP contribution >= 0.6 is 0 Å². The molecule has 4 aliphatic rings. The van der Waals surface area contributed by atoms with Gasteiger partial charge in [-0.1, -0.05) is 158 Å². The van der Waals surface area contributed by atoms with Crippen molar-refractivity contribution >= 4 is 13.3 Å². The van der Waals surface area contributed by atoms with Crippen LogP contribution in [0.1, 0.15) is 44.1 Å². The van der Waals surface area contributed by atoms with E-state index in [1.165, 1.54) is 82.7 Å². The molecule has 0 spiro atoms. The summed E-state index contributed by atoms with van der Waals surface area (Å²) in [5, 5.41) is 1.50. The lowest BCUT2D eigenvalue weighted by Gasteiger charge is -2.57. The van der Waals surface area contributed by atoms with Crippen LogP contribution in [0.3, 0.4) is 0 Å². The lowest BCUT2D eigenvalue weighted by molar-refractivity contribution is -0.00515. The van der Waals surface area contributed by atoms with E-state index >= 15 is 0 Å². The zero-order chi connectivity index (χ0) is 37.9. The van der Waals surface area contributed by atoms with Gasteiger partial charge in [0.1, 0.15) is 0 Å². The summed E-state index contributed by atoms with van der Waals surface area (Å²) in [7, 11) is -1.37. The minimum Gasteiger partial charge on any atom is -0.208 e. The van der Waals surface area contributed by atoms with E-state index in [0.29, 0.717) is 17.5 Å². The molecule has 0 saturated heterocycles. The average Bonchev–Trinajstić information content (AvgIpc) is 3.23. The Morgan fingerprint density at radius 1 is 0.393 bits per heavy atom. The van der Waals surface area contributed by atoms with E-state index in [0.717, 1.165) is 34.4 Å². The fraction of sp³-hybridized carbons (Fsp3) is 0.250. The van der Waals surface area contributed by atoms with Gasteiger partial charge in [-0.2, -0.15) is 0 Å². The third-order valence-corrected chi connectivity index (χ3v) is 15.1. The quantitative estimate of drug-likeness (QED) is 0.146. The molecule has 0 amide bonds. The first-order chi connectivity index (χ1) is 27.2. The summed E-state index contributed by atoms with van der Waals surface area (Å²) in [6, 6.07) is 55.5. The first-order valence-corrected chi connectivity index (χ1v) is 24.1. The van der Waals surface area contributed by atoms with Gasteiger partial charge in [0.05, 0.1) is 8.07 Å². The van der Waals surface area contributed by atoms with Gasteiger partial charge >= 0.3 is 0 Å². The van der Waals surface area contributed by atoms with Gasteiger partial charge in [-0.3, -0.25) is 0 Å². The second-order valence-electron chi connectivity index (χ2n) is 18.0. The number of aromatic nitrogens is 3. The molecule has 11 rings (SSSR count). The normalized spacial score (nSPS) is 21.3. The summed E-state index contributed by atoms with van der Waals surface area (Å²) >= 11 is 0. The van der Waals surface area contributed by atoms with Crippen molar-refractivity contribution in [2.45, 2.75) is 63.6 Å². The van der Waals surface area contributed by atoms with Crippen molar-refractivity contribution in [1.29, 1.82) is 0 Å². The smallest absolute Gasteiger partial charge is 0.164 e. The number of hydrogen-bond acceptors (Lipinski definition) is 3. The molecule has 4 bridgehead atoms. The van der Waals surface area contributed by atoms with Crippen molar-refractivity contribution in [2.24, 2.45) is 17.8 Å². The predicted molar refractivity (Wildman–Crippen MR) is 235 cm³/mol. The summed E-state index contributed by atoms with van der Waals surface area (Å²) in [4.78, 5) is 15.1. The molecule has 3 nitrogen and oxygen atoms in total. The molecule has 4 fully saturated rings. The summed E-state index contributed by atoms with van der Waals surface area (Å²) in [5.41, 5.74) is 12.3. The van der Waals surface area contributed by atoms with Gasteiger partial charge in [0.2, 0.25) is 0 Å². The average molecular weight is 744 g/mol. The number of nitrogens with zero attached hydrogens (tertiary/aromatic N) is 3. The van der Waals surface area contributed by atoms with Crippen LogP contribution in [0.5, 0.6) is 0 Å². The van der Waals surface area contributed by atoms with Crippen LogP contribution in [0.2, 0.25) is 19.6 Å². The van der Waals surface area contributed by atoms with Crippen molar-refractivity contribution < 1.29 is 0 Å². The van der Waals surface area contributed by atoms with Gasteiger partial charge in [0, 0.05) is 16.7 Å². The van der Waals surface area contributed by atoms with Crippen molar-refractivity contribution in [2.75, 3.05) is 0 Å². The Labute approximate surface area is 333 Å². The van der Waals surface area contributed by atoms with E-state index in [9.17, 15) is 0 Å². The van der Waals surface area contributed by atoms with Crippen LogP contribution in [0, 0.1) is 17.8 Å². The van der Waals surface area contributed by atoms with Crippen LogP contribution < -0.4 is 5.19 Å². The standard InChI is InChI=1S/C52H49N3Si/c1-56(2,3)48-22-20-38(21-23-48)41-16-10-17-42(27-41)45-29-46(31-47(30-45)52-32-35-24-36(33-52)26-37(25-35)34-52)43-18-11-19-44(28-43)51-54-49(39-12-6-4-7-13-39)53-50(55-51)40-14-8-5-9-15-40/h4-23,27-31,35-37H,24-26,32-34H2,1-3H3. The van der Waals surface area contributed by atoms with Crippen LogP contribution in [-0.2, 0) is 5.41 Å². The molecule has 0 radical (unpaired) electrons. The van der Waals surface area contributed by atoms with E-state index in [4.69, 9.17) is 15.0 Å². The van der Waals surface area contributed by atoms with Gasteiger partial charge in [-0.25, -0.2) is 15.0 Å². The Morgan fingerprint density at radius 2 is 0.786 bits per heavy atom. The monoisotopic (exact) mass is 743 g/mol.